The van der Waals surface area contributed by atoms with Crippen LogP contribution in [-0.4, -0.2) is 76.4 Å². The molecule has 8 heteroatoms. The summed E-state index contributed by atoms with van der Waals surface area (Å²) < 4.78 is 16.5. The molecule has 0 aromatic heterocycles. The molecule has 0 aromatic rings. The van der Waals surface area contributed by atoms with Crippen LogP contribution in [0.1, 0.15) is 32.6 Å². The monoisotopic (exact) mass is 410 g/mol. The van der Waals surface area contributed by atoms with Crippen molar-refractivity contribution in [3.63, 3.8) is 0 Å². The number of ether oxygens (including phenoxy) is 3. The van der Waals surface area contributed by atoms with E-state index in [1.807, 2.05) is 6.08 Å². The molecule has 2 fully saturated rings. The van der Waals surface area contributed by atoms with Crippen molar-refractivity contribution in [2.75, 3.05) is 13.2 Å². The predicted molar refractivity (Wildman–Crippen MR) is 103 cm³/mol. The second kappa shape index (κ2) is 9.51. The maximum atomic E-state index is 12.0. The number of fused-ring (bicyclic) bond motifs is 1. The highest BCUT2D eigenvalue weighted by molar-refractivity contribution is 5.91. The Morgan fingerprint density at radius 2 is 1.97 bits per heavy atom. The molecule has 3 aliphatic rings. The van der Waals surface area contributed by atoms with E-state index in [1.54, 1.807) is 0 Å². The smallest absolute Gasteiger partial charge is 0.334 e. The third-order valence-corrected chi connectivity index (χ3v) is 5.84. The van der Waals surface area contributed by atoms with Crippen LogP contribution >= 0.6 is 0 Å². The van der Waals surface area contributed by atoms with E-state index in [-0.39, 0.29) is 18.5 Å². The standard InChI is InChI=1S/C21H30O8/c1-11-4-3-5-13(8-15-14(7-6-11)12(2)20(26)28-15)10-27-21-19(25)18(24)17(23)16(9-22)29-21/h4,8,14-19,21-25H,2-3,5-7,9-10H2,1H3/b11-4+,13-8?/t14-,15+,16+,17+,18-,19+,21+/m0/s1. The van der Waals surface area contributed by atoms with Crippen molar-refractivity contribution < 1.29 is 39.4 Å². The van der Waals surface area contributed by atoms with Gasteiger partial charge < -0.3 is 34.6 Å². The van der Waals surface area contributed by atoms with Gasteiger partial charge in [0.25, 0.3) is 0 Å². The molecule has 2 heterocycles. The van der Waals surface area contributed by atoms with Gasteiger partial charge in [-0.3, -0.25) is 0 Å². The van der Waals surface area contributed by atoms with Gasteiger partial charge in [-0.15, -0.1) is 0 Å². The average molecular weight is 410 g/mol. The highest BCUT2D eigenvalue weighted by atomic mass is 16.7. The van der Waals surface area contributed by atoms with E-state index in [2.05, 4.69) is 19.6 Å². The van der Waals surface area contributed by atoms with Crippen molar-refractivity contribution in [1.29, 1.82) is 0 Å². The minimum atomic E-state index is -1.49. The Morgan fingerprint density at radius 3 is 2.69 bits per heavy atom. The van der Waals surface area contributed by atoms with Crippen LogP contribution in [0.5, 0.6) is 0 Å². The molecule has 2 aliphatic heterocycles. The van der Waals surface area contributed by atoms with Crippen molar-refractivity contribution >= 4 is 5.97 Å². The number of aliphatic hydroxyl groups excluding tert-OH is 4. The molecule has 2 saturated heterocycles. The van der Waals surface area contributed by atoms with Gasteiger partial charge in [0.15, 0.2) is 6.29 Å². The Bertz CT molecular complexity index is 682. The predicted octanol–water partition coefficient (Wildman–Crippen LogP) is 0.347. The van der Waals surface area contributed by atoms with E-state index in [0.717, 1.165) is 24.8 Å². The molecule has 8 nitrogen and oxygen atoms in total. The number of esters is 1. The molecular weight excluding hydrogens is 380 g/mol. The maximum absolute atomic E-state index is 12.0. The fourth-order valence-electron chi connectivity index (χ4n) is 3.94. The molecule has 0 amide bonds. The van der Waals surface area contributed by atoms with Gasteiger partial charge in [-0.2, -0.15) is 0 Å². The summed E-state index contributed by atoms with van der Waals surface area (Å²) in [5.41, 5.74) is 2.59. The van der Waals surface area contributed by atoms with Gasteiger partial charge in [0.1, 0.15) is 30.5 Å². The second-order valence-corrected chi connectivity index (χ2v) is 7.96. The Labute approximate surface area is 170 Å². The summed E-state index contributed by atoms with van der Waals surface area (Å²) in [5.74, 6) is -0.474. The maximum Gasteiger partial charge on any atom is 0.334 e. The van der Waals surface area contributed by atoms with Gasteiger partial charge in [-0.25, -0.2) is 4.79 Å². The second-order valence-electron chi connectivity index (χ2n) is 7.96. The minimum absolute atomic E-state index is 0.0861. The molecule has 29 heavy (non-hydrogen) atoms. The van der Waals surface area contributed by atoms with Crippen molar-refractivity contribution in [3.05, 3.63) is 35.5 Å². The molecule has 1 aliphatic carbocycles. The molecule has 0 saturated carbocycles. The van der Waals surface area contributed by atoms with Crippen LogP contribution in [0.4, 0.5) is 0 Å². The lowest BCUT2D eigenvalue weighted by Crippen LogP contribution is -2.59. The summed E-state index contributed by atoms with van der Waals surface area (Å²) in [7, 11) is 0. The van der Waals surface area contributed by atoms with Crippen LogP contribution in [0.15, 0.2) is 35.5 Å². The first kappa shape index (κ1) is 22.1. The van der Waals surface area contributed by atoms with Crippen LogP contribution in [0.3, 0.4) is 0 Å². The van der Waals surface area contributed by atoms with Crippen LogP contribution in [0.2, 0.25) is 0 Å². The van der Waals surface area contributed by atoms with Crippen LogP contribution < -0.4 is 0 Å². The molecule has 0 bridgehead atoms. The minimum Gasteiger partial charge on any atom is -0.454 e. The number of carbonyl (C=O) groups excluding carboxylic acids is 1. The first-order valence-electron chi connectivity index (χ1n) is 9.99. The van der Waals surface area contributed by atoms with Gasteiger partial charge in [0, 0.05) is 11.5 Å². The Kier molecular flexibility index (Phi) is 7.26. The lowest BCUT2D eigenvalue weighted by atomic mass is 9.88. The lowest BCUT2D eigenvalue weighted by molar-refractivity contribution is -0.299. The van der Waals surface area contributed by atoms with Gasteiger partial charge in [-0.1, -0.05) is 18.2 Å². The number of aliphatic hydroxyl groups is 4. The molecule has 0 aromatic carbocycles. The number of allylic oxidation sites excluding steroid dienone is 2. The fourth-order valence-corrected chi connectivity index (χ4v) is 3.94. The molecular formula is C21H30O8. The highest BCUT2D eigenvalue weighted by Gasteiger charge is 2.44. The number of rotatable bonds is 4. The van der Waals surface area contributed by atoms with Gasteiger partial charge >= 0.3 is 5.97 Å². The molecule has 3 rings (SSSR count). The summed E-state index contributed by atoms with van der Waals surface area (Å²) in [6.45, 7) is 5.51. The van der Waals surface area contributed by atoms with Crippen LogP contribution in [-0.2, 0) is 19.0 Å². The van der Waals surface area contributed by atoms with E-state index in [0.29, 0.717) is 12.0 Å². The zero-order valence-electron chi connectivity index (χ0n) is 16.6. The van der Waals surface area contributed by atoms with Gasteiger partial charge in [0.2, 0.25) is 0 Å². The van der Waals surface area contributed by atoms with Crippen molar-refractivity contribution in [2.24, 2.45) is 5.92 Å². The molecule has 0 unspecified atom stereocenters. The summed E-state index contributed by atoms with van der Waals surface area (Å²) >= 11 is 0. The number of hydrogen-bond donors (Lipinski definition) is 4. The van der Waals surface area contributed by atoms with E-state index in [4.69, 9.17) is 14.2 Å². The van der Waals surface area contributed by atoms with E-state index >= 15 is 0 Å². The Balaban J connectivity index is 1.72. The van der Waals surface area contributed by atoms with Gasteiger partial charge in [-0.05, 0) is 44.3 Å². The molecule has 0 radical (unpaired) electrons. The molecule has 0 spiro atoms. The zero-order valence-corrected chi connectivity index (χ0v) is 16.6. The van der Waals surface area contributed by atoms with E-state index in [9.17, 15) is 25.2 Å². The first-order chi connectivity index (χ1) is 13.8. The summed E-state index contributed by atoms with van der Waals surface area (Å²) in [5, 5.41) is 39.2. The summed E-state index contributed by atoms with van der Waals surface area (Å²) in [6, 6.07) is 0. The Morgan fingerprint density at radius 1 is 1.21 bits per heavy atom. The van der Waals surface area contributed by atoms with Crippen LogP contribution in [0, 0.1) is 5.92 Å². The van der Waals surface area contributed by atoms with Crippen molar-refractivity contribution in [2.45, 2.75) is 69.4 Å². The molecule has 162 valence electrons. The summed E-state index contributed by atoms with van der Waals surface area (Å²) in [4.78, 5) is 12.0. The van der Waals surface area contributed by atoms with Crippen LogP contribution in [0.25, 0.3) is 0 Å². The lowest BCUT2D eigenvalue weighted by Gasteiger charge is -2.39. The van der Waals surface area contributed by atoms with Crippen molar-refractivity contribution in [1.82, 2.24) is 0 Å². The summed E-state index contributed by atoms with van der Waals surface area (Å²) in [6.07, 6.45) is 0.142. The number of carbonyl (C=O) groups is 1. The topological polar surface area (TPSA) is 126 Å². The first-order valence-corrected chi connectivity index (χ1v) is 9.99. The normalized spacial score (nSPS) is 40.5. The third kappa shape index (κ3) is 4.96. The van der Waals surface area contributed by atoms with E-state index < -0.39 is 43.4 Å². The largest absolute Gasteiger partial charge is 0.454 e. The number of hydrogen-bond acceptors (Lipinski definition) is 8. The van der Waals surface area contributed by atoms with E-state index in [1.165, 1.54) is 5.57 Å². The molecule has 4 N–H and O–H groups in total. The average Bonchev–Trinajstić information content (AvgIpc) is 2.96. The highest BCUT2D eigenvalue weighted by Crippen LogP contribution is 2.34. The fraction of sp³-hybridized carbons (Fsp3) is 0.667. The third-order valence-electron chi connectivity index (χ3n) is 5.84. The van der Waals surface area contributed by atoms with Gasteiger partial charge in [0.05, 0.1) is 13.2 Å². The van der Waals surface area contributed by atoms with Crippen molar-refractivity contribution in [3.8, 4) is 0 Å². The Hall–Kier alpha value is -1.55. The quantitative estimate of drug-likeness (QED) is 0.297. The zero-order chi connectivity index (χ0) is 21.1. The molecule has 7 atom stereocenters. The SMILES string of the molecule is C=C1C(=O)O[C@@H]2C=C(CO[C@@H]3O[C@H](CO)[C@@H](O)[C@H](O)[C@H]3O)CC/C=C(\C)CC[C@@H]12.